The van der Waals surface area contributed by atoms with E-state index in [-0.39, 0.29) is 5.56 Å². The van der Waals surface area contributed by atoms with E-state index in [9.17, 15) is 4.79 Å². The van der Waals surface area contributed by atoms with Gasteiger partial charge in [0.05, 0.1) is 15.9 Å². The zero-order valence-electron chi connectivity index (χ0n) is 10.4. The molecule has 0 aliphatic heterocycles. The van der Waals surface area contributed by atoms with Gasteiger partial charge >= 0.3 is 0 Å². The molecule has 0 saturated heterocycles. The first-order valence-electron chi connectivity index (χ1n) is 6.01. The number of H-pyrrole nitrogens is 1. The fraction of sp³-hybridized carbons (Fsp3) is 0. The largest absolute Gasteiger partial charge is 0.305 e. The molecule has 0 bridgehead atoms. The Morgan fingerprint density at radius 2 is 2.05 bits per heavy atom. The number of aromatic amines is 1. The average Bonchev–Trinajstić information content (AvgIpc) is 2.48. The van der Waals surface area contributed by atoms with Crippen LogP contribution in [0.1, 0.15) is 11.4 Å². The number of hydrogen-bond donors (Lipinski definition) is 1. The first kappa shape index (κ1) is 12.6. The molecular weight excluding hydrogens is 274 g/mol. The van der Waals surface area contributed by atoms with Gasteiger partial charge in [-0.1, -0.05) is 29.8 Å². The fourth-order valence-corrected chi connectivity index (χ4v) is 2.09. The van der Waals surface area contributed by atoms with Gasteiger partial charge in [0.2, 0.25) is 0 Å². The van der Waals surface area contributed by atoms with Crippen molar-refractivity contribution in [3.8, 4) is 0 Å². The summed E-state index contributed by atoms with van der Waals surface area (Å²) < 4.78 is 0. The van der Waals surface area contributed by atoms with Crippen molar-refractivity contribution < 1.29 is 0 Å². The highest BCUT2D eigenvalue weighted by Gasteiger charge is 2.06. The molecule has 20 heavy (non-hydrogen) atoms. The van der Waals surface area contributed by atoms with Crippen LogP contribution in [0.5, 0.6) is 0 Å². The van der Waals surface area contributed by atoms with Crippen molar-refractivity contribution in [1.29, 1.82) is 0 Å². The van der Waals surface area contributed by atoms with Crippen LogP contribution in [-0.4, -0.2) is 15.0 Å². The molecule has 3 rings (SSSR count). The number of para-hydroxylation sites is 1. The summed E-state index contributed by atoms with van der Waals surface area (Å²) in [6.45, 7) is 0. The summed E-state index contributed by atoms with van der Waals surface area (Å²) in [6.07, 6.45) is 5.07. The van der Waals surface area contributed by atoms with Crippen LogP contribution in [-0.2, 0) is 0 Å². The topological polar surface area (TPSA) is 58.6 Å². The lowest BCUT2D eigenvalue weighted by atomic mass is 10.2. The van der Waals surface area contributed by atoms with E-state index in [0.29, 0.717) is 21.8 Å². The summed E-state index contributed by atoms with van der Waals surface area (Å²) in [6, 6.07) is 10.8. The van der Waals surface area contributed by atoms with Gasteiger partial charge in [-0.15, -0.1) is 0 Å². The lowest BCUT2D eigenvalue weighted by molar-refractivity contribution is 1.14. The summed E-state index contributed by atoms with van der Waals surface area (Å²) in [4.78, 5) is 23.0. The highest BCUT2D eigenvalue weighted by atomic mass is 35.5. The second-order valence-electron chi connectivity index (χ2n) is 4.21. The average molecular weight is 284 g/mol. The first-order valence-corrected chi connectivity index (χ1v) is 6.38. The Bertz CT molecular complexity index is 840. The number of pyridine rings is 1. The van der Waals surface area contributed by atoms with Gasteiger partial charge in [-0.3, -0.25) is 9.78 Å². The van der Waals surface area contributed by atoms with E-state index >= 15 is 0 Å². The molecule has 0 saturated carbocycles. The monoisotopic (exact) mass is 283 g/mol. The maximum absolute atomic E-state index is 12.0. The highest BCUT2D eigenvalue weighted by molar-refractivity contribution is 6.50. The van der Waals surface area contributed by atoms with Gasteiger partial charge in [0.25, 0.3) is 5.56 Å². The van der Waals surface area contributed by atoms with E-state index in [1.165, 1.54) is 0 Å². The molecule has 1 N–H and O–H groups in total. The van der Waals surface area contributed by atoms with Crippen molar-refractivity contribution in [2.45, 2.75) is 0 Å². The number of aromatic nitrogens is 3. The van der Waals surface area contributed by atoms with Gasteiger partial charge in [0.15, 0.2) is 5.82 Å². The van der Waals surface area contributed by atoms with E-state index < -0.39 is 0 Å². The summed E-state index contributed by atoms with van der Waals surface area (Å²) in [5, 5.41) is 0.906. The first-order chi connectivity index (χ1) is 9.74. The molecule has 0 aliphatic rings. The highest BCUT2D eigenvalue weighted by Crippen LogP contribution is 2.19. The molecule has 0 radical (unpaired) electrons. The number of rotatable bonds is 2. The second-order valence-corrected chi connectivity index (χ2v) is 4.62. The summed E-state index contributed by atoms with van der Waals surface area (Å²) >= 11 is 6.21. The third kappa shape index (κ3) is 2.46. The van der Waals surface area contributed by atoms with Crippen molar-refractivity contribution in [2.24, 2.45) is 0 Å². The summed E-state index contributed by atoms with van der Waals surface area (Å²) in [5.41, 5.74) is 1.25. The Labute approximate surface area is 119 Å². The van der Waals surface area contributed by atoms with Gasteiger partial charge in [0.1, 0.15) is 0 Å². The van der Waals surface area contributed by atoms with Crippen LogP contribution in [0.2, 0.25) is 0 Å². The van der Waals surface area contributed by atoms with Crippen LogP contribution in [0.15, 0.2) is 53.6 Å². The van der Waals surface area contributed by atoms with Crippen molar-refractivity contribution >= 4 is 33.6 Å². The number of nitrogens with zero attached hydrogens (tertiary/aromatic N) is 2. The third-order valence-corrected chi connectivity index (χ3v) is 3.11. The van der Waals surface area contributed by atoms with Crippen LogP contribution in [0.25, 0.3) is 22.0 Å². The molecule has 2 aromatic heterocycles. The fourth-order valence-electron chi connectivity index (χ4n) is 1.88. The number of benzene rings is 1. The molecule has 5 heteroatoms. The van der Waals surface area contributed by atoms with Gasteiger partial charge in [-0.05, 0) is 29.8 Å². The lowest BCUT2D eigenvalue weighted by Crippen LogP contribution is -2.10. The summed E-state index contributed by atoms with van der Waals surface area (Å²) in [7, 11) is 0. The molecule has 0 unspecified atom stereocenters. The predicted octanol–water partition coefficient (Wildman–Crippen LogP) is 3.06. The van der Waals surface area contributed by atoms with Crippen molar-refractivity contribution in [1.82, 2.24) is 15.0 Å². The van der Waals surface area contributed by atoms with E-state index in [4.69, 9.17) is 11.6 Å². The molecule has 3 aromatic rings. The van der Waals surface area contributed by atoms with Crippen molar-refractivity contribution in [2.75, 3.05) is 0 Å². The molecule has 0 amide bonds. The van der Waals surface area contributed by atoms with Crippen LogP contribution >= 0.6 is 11.6 Å². The molecule has 2 heterocycles. The molecule has 0 aliphatic carbocycles. The molecule has 0 fully saturated rings. The number of nitrogens with one attached hydrogen (secondary N) is 1. The van der Waals surface area contributed by atoms with E-state index in [1.54, 1.807) is 36.7 Å². The van der Waals surface area contributed by atoms with Crippen molar-refractivity contribution in [3.05, 3.63) is 70.5 Å². The van der Waals surface area contributed by atoms with E-state index in [1.807, 2.05) is 18.2 Å². The third-order valence-electron chi connectivity index (χ3n) is 2.82. The Morgan fingerprint density at radius 1 is 1.20 bits per heavy atom. The summed E-state index contributed by atoms with van der Waals surface area (Å²) in [5.74, 6) is 0.346. The molecule has 98 valence electrons. The minimum absolute atomic E-state index is 0.205. The SMILES string of the molecule is O=c1[nH]c(/C(Cl)=C\c2cccnc2)nc2ccccc12. The smallest absolute Gasteiger partial charge is 0.259 e. The molecule has 4 nitrogen and oxygen atoms in total. The maximum atomic E-state index is 12.0. The van der Waals surface area contributed by atoms with Gasteiger partial charge in [-0.25, -0.2) is 4.98 Å². The van der Waals surface area contributed by atoms with Crippen LogP contribution < -0.4 is 5.56 Å². The van der Waals surface area contributed by atoms with E-state index in [2.05, 4.69) is 15.0 Å². The Morgan fingerprint density at radius 3 is 2.85 bits per heavy atom. The minimum Gasteiger partial charge on any atom is -0.305 e. The van der Waals surface area contributed by atoms with E-state index in [0.717, 1.165) is 5.56 Å². The number of halogens is 1. The lowest BCUT2D eigenvalue weighted by Gasteiger charge is -2.02. The Hall–Kier alpha value is -2.46. The van der Waals surface area contributed by atoms with Gasteiger partial charge < -0.3 is 4.98 Å². The normalized spacial score (nSPS) is 11.8. The van der Waals surface area contributed by atoms with Gasteiger partial charge in [0, 0.05) is 12.4 Å². The maximum Gasteiger partial charge on any atom is 0.259 e. The number of hydrogen-bond acceptors (Lipinski definition) is 3. The van der Waals surface area contributed by atoms with Crippen molar-refractivity contribution in [3.63, 3.8) is 0 Å². The van der Waals surface area contributed by atoms with Gasteiger partial charge in [-0.2, -0.15) is 0 Å². The standard InChI is InChI=1S/C15H10ClN3O/c16-12(8-10-4-3-7-17-9-10)14-18-13-6-2-1-5-11(13)15(20)19-14/h1-9H,(H,18,19,20)/b12-8+. The Kier molecular flexibility index (Phi) is 3.31. The minimum atomic E-state index is -0.205. The molecule has 0 atom stereocenters. The van der Waals surface area contributed by atoms with Crippen LogP contribution in [0.4, 0.5) is 0 Å². The van der Waals surface area contributed by atoms with Crippen LogP contribution in [0, 0.1) is 0 Å². The zero-order chi connectivity index (χ0) is 13.9. The Balaban J connectivity index is 2.11. The zero-order valence-corrected chi connectivity index (χ0v) is 11.1. The second kappa shape index (κ2) is 5.27. The molecular formula is C15H10ClN3O. The molecule has 1 aromatic carbocycles. The predicted molar refractivity (Wildman–Crippen MR) is 80.3 cm³/mol. The quantitative estimate of drug-likeness (QED) is 0.786. The number of fused-ring (bicyclic) bond motifs is 1. The molecule has 0 spiro atoms. The van der Waals surface area contributed by atoms with Crippen LogP contribution in [0.3, 0.4) is 0 Å².